The molecule has 0 N–H and O–H groups in total. The van der Waals surface area contributed by atoms with Crippen LogP contribution in [0.4, 0.5) is 0 Å². The van der Waals surface area contributed by atoms with Crippen LogP contribution in [0.15, 0.2) is 223 Å². The Balaban J connectivity index is 0.924. The van der Waals surface area contributed by atoms with Crippen LogP contribution in [0.1, 0.15) is 25.0 Å². The number of fused-ring (bicyclic) bond motifs is 9. The van der Waals surface area contributed by atoms with Gasteiger partial charge in [0, 0.05) is 49.2 Å². The van der Waals surface area contributed by atoms with Crippen molar-refractivity contribution >= 4 is 43.7 Å². The maximum absolute atomic E-state index is 6.60. The van der Waals surface area contributed by atoms with Crippen LogP contribution in [-0.4, -0.2) is 19.5 Å². The fraction of sp³-hybridized carbons (Fsp3) is 0.0455. The third kappa shape index (κ3) is 5.84. The minimum atomic E-state index is -0.122. The number of nitrogens with zero attached hydrogens (tertiary/aromatic N) is 4. The van der Waals surface area contributed by atoms with Gasteiger partial charge in [0.25, 0.3) is 0 Å². The van der Waals surface area contributed by atoms with Crippen molar-refractivity contribution in [2.45, 2.75) is 19.3 Å². The number of para-hydroxylation sites is 3. The first-order valence-corrected chi connectivity index (χ1v) is 24.3. The van der Waals surface area contributed by atoms with Crippen molar-refractivity contribution in [3.05, 3.63) is 230 Å². The fourth-order valence-corrected chi connectivity index (χ4v) is 11.9. The predicted octanol–water partition coefficient (Wildman–Crippen LogP) is 17.2. The van der Waals surface area contributed by atoms with Gasteiger partial charge in [0.15, 0.2) is 17.5 Å². The fourth-order valence-electron chi connectivity index (χ4n) is 11.9. The zero-order chi connectivity index (χ0) is 47.0. The molecule has 71 heavy (non-hydrogen) atoms. The Kier molecular flexibility index (Phi) is 8.35. The molecule has 2 aliphatic rings. The van der Waals surface area contributed by atoms with E-state index >= 15 is 0 Å². The van der Waals surface area contributed by atoms with E-state index in [0.717, 1.165) is 66.4 Å². The van der Waals surface area contributed by atoms with Crippen LogP contribution in [0.5, 0.6) is 0 Å². The molecule has 0 spiro atoms. The second-order valence-corrected chi connectivity index (χ2v) is 19.5. The highest BCUT2D eigenvalue weighted by Gasteiger charge is 2.41. The smallest absolute Gasteiger partial charge is 0.167 e. The van der Waals surface area contributed by atoms with E-state index in [1.165, 1.54) is 66.4 Å². The summed E-state index contributed by atoms with van der Waals surface area (Å²) in [5.74, 6) is 1.71. The molecule has 0 saturated carbocycles. The van der Waals surface area contributed by atoms with Crippen LogP contribution in [0.2, 0.25) is 0 Å². The molecule has 1 aliphatic carbocycles. The largest absolute Gasteiger partial charge is 0.455 e. The zero-order valence-corrected chi connectivity index (χ0v) is 39.0. The molecule has 0 radical (unpaired) electrons. The van der Waals surface area contributed by atoms with Gasteiger partial charge >= 0.3 is 0 Å². The molecule has 1 aliphatic heterocycles. The number of furan rings is 1. The van der Waals surface area contributed by atoms with E-state index < -0.39 is 0 Å². The third-order valence-electron chi connectivity index (χ3n) is 15.2. The molecular formula is C66H42N4O. The summed E-state index contributed by atoms with van der Waals surface area (Å²) in [5, 5.41) is 4.58. The first-order chi connectivity index (χ1) is 35.0. The molecule has 15 rings (SSSR count). The Morgan fingerprint density at radius 2 is 0.958 bits per heavy atom. The van der Waals surface area contributed by atoms with Gasteiger partial charge in [-0.15, -0.1) is 0 Å². The Bertz CT molecular complexity index is 4290. The van der Waals surface area contributed by atoms with Gasteiger partial charge in [0.2, 0.25) is 0 Å². The van der Waals surface area contributed by atoms with Crippen molar-refractivity contribution in [3.8, 4) is 95.5 Å². The lowest BCUT2D eigenvalue weighted by molar-refractivity contribution is 0.661. The molecule has 0 atom stereocenters. The summed E-state index contributed by atoms with van der Waals surface area (Å²) in [6, 6.07) is 78.2. The quantitative estimate of drug-likeness (QED) is 0.167. The maximum Gasteiger partial charge on any atom is 0.167 e. The number of hydrogen-bond acceptors (Lipinski definition) is 4. The van der Waals surface area contributed by atoms with Crippen molar-refractivity contribution in [2.24, 2.45) is 0 Å². The summed E-state index contributed by atoms with van der Waals surface area (Å²) < 4.78 is 9.13. The van der Waals surface area contributed by atoms with Gasteiger partial charge in [-0.3, -0.25) is 0 Å². The van der Waals surface area contributed by atoms with Gasteiger partial charge in [0.05, 0.1) is 22.3 Å². The second-order valence-electron chi connectivity index (χ2n) is 19.5. The Labute approximate surface area is 410 Å². The minimum Gasteiger partial charge on any atom is -0.455 e. The SMILES string of the molecule is CC1(C)c2cccc3c2-c2c1ccc1c4c(-c5ccc(-c6nc(-c7cc(-c8ccccc8)cc(-c8ccccc8)c7)nc(-c7cccc8c7oc7ccccc78)n6)cc5)cccc4n(c21)-c1ccccc1-3. The molecule has 13 aromatic rings. The van der Waals surface area contributed by atoms with Crippen LogP contribution in [-0.2, 0) is 5.41 Å². The lowest BCUT2D eigenvalue weighted by atomic mass is 9.81. The van der Waals surface area contributed by atoms with Gasteiger partial charge in [-0.05, 0) is 98.1 Å². The van der Waals surface area contributed by atoms with Gasteiger partial charge in [-0.25, -0.2) is 15.0 Å². The molecule has 0 bridgehead atoms. The van der Waals surface area contributed by atoms with Gasteiger partial charge < -0.3 is 8.98 Å². The van der Waals surface area contributed by atoms with E-state index in [1.807, 2.05) is 18.2 Å². The number of aromatic nitrogens is 4. The van der Waals surface area contributed by atoms with Crippen molar-refractivity contribution in [2.75, 3.05) is 0 Å². The highest BCUT2D eigenvalue weighted by molar-refractivity contribution is 6.22. The summed E-state index contributed by atoms with van der Waals surface area (Å²) in [6.07, 6.45) is 0. The Morgan fingerprint density at radius 3 is 1.75 bits per heavy atom. The summed E-state index contributed by atoms with van der Waals surface area (Å²) in [6.45, 7) is 4.75. The number of benzene rings is 10. The monoisotopic (exact) mass is 906 g/mol. The Morgan fingerprint density at radius 1 is 0.380 bits per heavy atom. The van der Waals surface area contributed by atoms with Crippen LogP contribution >= 0.6 is 0 Å². The molecule has 5 nitrogen and oxygen atoms in total. The van der Waals surface area contributed by atoms with E-state index in [4.69, 9.17) is 19.4 Å². The van der Waals surface area contributed by atoms with E-state index in [-0.39, 0.29) is 5.41 Å². The first kappa shape index (κ1) is 39.8. The topological polar surface area (TPSA) is 56.7 Å². The van der Waals surface area contributed by atoms with Gasteiger partial charge in [-0.1, -0.05) is 190 Å². The zero-order valence-electron chi connectivity index (χ0n) is 39.0. The Hall–Kier alpha value is -9.19. The maximum atomic E-state index is 6.60. The first-order valence-electron chi connectivity index (χ1n) is 24.3. The van der Waals surface area contributed by atoms with E-state index in [2.05, 4.69) is 219 Å². The van der Waals surface area contributed by atoms with E-state index in [1.54, 1.807) is 0 Å². The lowest BCUT2D eigenvalue weighted by Crippen LogP contribution is -2.15. The van der Waals surface area contributed by atoms with E-state index in [0.29, 0.717) is 17.5 Å². The molecule has 5 heteroatoms. The van der Waals surface area contributed by atoms with Gasteiger partial charge in [-0.2, -0.15) is 0 Å². The highest BCUT2D eigenvalue weighted by atomic mass is 16.3. The molecule has 0 fully saturated rings. The minimum absolute atomic E-state index is 0.122. The third-order valence-corrected chi connectivity index (χ3v) is 15.2. The molecular weight excluding hydrogens is 865 g/mol. The van der Waals surface area contributed by atoms with Crippen LogP contribution < -0.4 is 0 Å². The summed E-state index contributed by atoms with van der Waals surface area (Å²) >= 11 is 0. The second kappa shape index (κ2) is 14.9. The summed E-state index contributed by atoms with van der Waals surface area (Å²) in [5.41, 5.74) is 22.5. The van der Waals surface area contributed by atoms with Crippen LogP contribution in [0, 0.1) is 0 Å². The average Bonchev–Trinajstić information content (AvgIpc) is 4.03. The molecule has 332 valence electrons. The average molecular weight is 907 g/mol. The lowest BCUT2D eigenvalue weighted by Gasteiger charge is -2.22. The van der Waals surface area contributed by atoms with Crippen molar-refractivity contribution < 1.29 is 4.42 Å². The molecule has 4 heterocycles. The summed E-state index contributed by atoms with van der Waals surface area (Å²) in [4.78, 5) is 15.9. The molecule has 10 aromatic carbocycles. The predicted molar refractivity (Wildman–Crippen MR) is 291 cm³/mol. The van der Waals surface area contributed by atoms with Crippen molar-refractivity contribution in [1.29, 1.82) is 0 Å². The van der Waals surface area contributed by atoms with Crippen LogP contribution in [0.3, 0.4) is 0 Å². The summed E-state index contributed by atoms with van der Waals surface area (Å²) in [7, 11) is 0. The van der Waals surface area contributed by atoms with Crippen LogP contribution in [0.25, 0.3) is 139 Å². The normalized spacial score (nSPS) is 13.0. The number of rotatable bonds is 6. The molecule has 3 aromatic heterocycles. The molecule has 0 amide bonds. The molecule has 0 unspecified atom stereocenters. The van der Waals surface area contributed by atoms with E-state index in [9.17, 15) is 0 Å². The number of hydrogen-bond donors (Lipinski definition) is 0. The molecule has 0 saturated heterocycles. The van der Waals surface area contributed by atoms with Crippen molar-refractivity contribution in [1.82, 2.24) is 19.5 Å². The highest BCUT2D eigenvalue weighted by Crippen LogP contribution is 2.58. The van der Waals surface area contributed by atoms with Crippen molar-refractivity contribution in [3.63, 3.8) is 0 Å². The standard InChI is InChI=1S/C66H42N4O/c1-66(2)53-26-14-23-49-47-20-9-11-27-55(47)70-56-28-15-22-46(58(56)51-34-35-54(66)60(59(49)53)61(51)70)41-30-32-42(33-31-41)63-67-64(69-65(68-63)52-25-13-24-50-48-21-10-12-29-57(48)71-62(50)52)45-37-43(39-16-5-3-6-17-39)36-44(38-45)40-18-7-4-8-19-40/h3-38H,1-2H3. The van der Waals surface area contributed by atoms with Gasteiger partial charge in [0.1, 0.15) is 11.2 Å².